The molecule has 3 N–H and O–H groups in total. The van der Waals surface area contributed by atoms with Gasteiger partial charge >= 0.3 is 0 Å². The zero-order valence-corrected chi connectivity index (χ0v) is 10.5. The fraction of sp³-hybridized carbons (Fsp3) is 0.462. The lowest BCUT2D eigenvalue weighted by Crippen LogP contribution is -2.26. The van der Waals surface area contributed by atoms with Crippen LogP contribution in [0, 0.1) is 17.5 Å². The van der Waals surface area contributed by atoms with E-state index >= 15 is 0 Å². The van der Waals surface area contributed by atoms with Gasteiger partial charge in [0.25, 0.3) is 5.91 Å². The Balaban J connectivity index is 2.46. The van der Waals surface area contributed by atoms with Gasteiger partial charge in [0.05, 0.1) is 0 Å². The van der Waals surface area contributed by atoms with Crippen LogP contribution in [0.3, 0.4) is 0 Å². The summed E-state index contributed by atoms with van der Waals surface area (Å²) in [6, 6.07) is 0.971. The number of benzene rings is 1. The van der Waals surface area contributed by atoms with Gasteiger partial charge in [0.15, 0.2) is 0 Å². The third-order valence-corrected chi connectivity index (χ3v) is 2.65. The summed E-state index contributed by atoms with van der Waals surface area (Å²) in [5.74, 6) is -4.31. The molecule has 0 aliphatic carbocycles. The molecule has 0 saturated heterocycles. The molecule has 0 saturated carbocycles. The monoisotopic (exact) mass is 274 g/mol. The van der Waals surface area contributed by atoms with Crippen molar-refractivity contribution < 1.29 is 18.0 Å². The van der Waals surface area contributed by atoms with E-state index in [2.05, 4.69) is 5.32 Å². The highest BCUT2D eigenvalue weighted by Crippen LogP contribution is 2.14. The number of unbranched alkanes of at least 4 members (excludes halogenated alkanes) is 3. The minimum Gasteiger partial charge on any atom is -0.352 e. The van der Waals surface area contributed by atoms with E-state index in [-0.39, 0.29) is 0 Å². The second-order valence-corrected chi connectivity index (χ2v) is 4.20. The van der Waals surface area contributed by atoms with E-state index in [0.717, 1.165) is 19.3 Å². The van der Waals surface area contributed by atoms with E-state index in [1.54, 1.807) is 0 Å². The highest BCUT2D eigenvalue weighted by atomic mass is 19.1. The van der Waals surface area contributed by atoms with Crippen molar-refractivity contribution in [2.24, 2.45) is 5.73 Å². The minimum absolute atomic E-state index is 0.319. The lowest BCUT2D eigenvalue weighted by molar-refractivity contribution is 0.0944. The highest BCUT2D eigenvalue weighted by Gasteiger charge is 2.18. The van der Waals surface area contributed by atoms with Crippen LogP contribution < -0.4 is 11.1 Å². The molecule has 0 atom stereocenters. The molecular formula is C13H17F3N2O. The Labute approximate surface area is 110 Å². The predicted octanol–water partition coefficient (Wildman–Crippen LogP) is 2.35. The molecule has 106 valence electrons. The molecule has 3 nitrogen and oxygen atoms in total. The van der Waals surface area contributed by atoms with Crippen LogP contribution in [0.5, 0.6) is 0 Å². The smallest absolute Gasteiger partial charge is 0.257 e. The third-order valence-electron chi connectivity index (χ3n) is 2.65. The van der Waals surface area contributed by atoms with Crippen molar-refractivity contribution in [3.05, 3.63) is 35.1 Å². The fourth-order valence-corrected chi connectivity index (χ4v) is 1.67. The number of carbonyl (C=O) groups is 1. The molecule has 1 amide bonds. The Kier molecular flexibility index (Phi) is 6.35. The zero-order chi connectivity index (χ0) is 14.3. The topological polar surface area (TPSA) is 55.1 Å². The maximum absolute atomic E-state index is 13.3. The molecule has 0 unspecified atom stereocenters. The lowest BCUT2D eigenvalue weighted by atomic mass is 10.1. The van der Waals surface area contributed by atoms with Crippen LogP contribution in [-0.4, -0.2) is 19.0 Å². The molecule has 1 rings (SSSR count). The van der Waals surface area contributed by atoms with Crippen molar-refractivity contribution in [2.45, 2.75) is 25.7 Å². The third kappa shape index (κ3) is 4.90. The van der Waals surface area contributed by atoms with Crippen molar-refractivity contribution in [1.82, 2.24) is 5.32 Å². The largest absolute Gasteiger partial charge is 0.352 e. The first-order chi connectivity index (χ1) is 9.06. The van der Waals surface area contributed by atoms with E-state index < -0.39 is 28.9 Å². The molecule has 0 radical (unpaired) electrons. The Bertz CT molecular complexity index is 415. The number of rotatable bonds is 7. The van der Waals surface area contributed by atoms with Gasteiger partial charge in [-0.15, -0.1) is 0 Å². The molecule has 0 bridgehead atoms. The lowest BCUT2D eigenvalue weighted by Gasteiger charge is -2.07. The second kappa shape index (κ2) is 7.78. The summed E-state index contributed by atoms with van der Waals surface area (Å²) >= 11 is 0. The second-order valence-electron chi connectivity index (χ2n) is 4.20. The van der Waals surface area contributed by atoms with E-state index in [4.69, 9.17) is 5.73 Å². The minimum atomic E-state index is -1.20. The first kappa shape index (κ1) is 15.5. The number of amides is 1. The van der Waals surface area contributed by atoms with Crippen LogP contribution >= 0.6 is 0 Å². The average molecular weight is 274 g/mol. The molecule has 1 aromatic rings. The van der Waals surface area contributed by atoms with Crippen LogP contribution in [-0.2, 0) is 0 Å². The molecule has 0 fully saturated rings. The first-order valence-electron chi connectivity index (χ1n) is 6.19. The Morgan fingerprint density at radius 2 is 1.63 bits per heavy atom. The number of halogens is 3. The Morgan fingerprint density at radius 3 is 2.21 bits per heavy atom. The Hall–Kier alpha value is -1.56. The van der Waals surface area contributed by atoms with Gasteiger partial charge < -0.3 is 11.1 Å². The number of nitrogens with two attached hydrogens (primary N) is 1. The van der Waals surface area contributed by atoms with Crippen LogP contribution in [0.2, 0.25) is 0 Å². The van der Waals surface area contributed by atoms with Gasteiger partial charge in [0.2, 0.25) is 0 Å². The molecular weight excluding hydrogens is 257 g/mol. The summed E-state index contributed by atoms with van der Waals surface area (Å²) in [6.07, 6.45) is 3.45. The number of hydrogen-bond acceptors (Lipinski definition) is 2. The van der Waals surface area contributed by atoms with E-state index in [1.807, 2.05) is 0 Å². The van der Waals surface area contributed by atoms with Gasteiger partial charge in [-0.25, -0.2) is 13.2 Å². The molecule has 0 aromatic heterocycles. The molecule has 0 heterocycles. The first-order valence-corrected chi connectivity index (χ1v) is 6.19. The van der Waals surface area contributed by atoms with Crippen LogP contribution in [0.1, 0.15) is 36.0 Å². The van der Waals surface area contributed by atoms with Gasteiger partial charge in [-0.2, -0.15) is 0 Å². The van der Waals surface area contributed by atoms with E-state index in [9.17, 15) is 18.0 Å². The number of carbonyl (C=O) groups excluding carboxylic acids is 1. The fourth-order valence-electron chi connectivity index (χ4n) is 1.67. The summed E-state index contributed by atoms with van der Waals surface area (Å²) in [5.41, 5.74) is 4.58. The summed E-state index contributed by atoms with van der Waals surface area (Å²) in [6.45, 7) is 0.942. The van der Waals surface area contributed by atoms with Crippen LogP contribution in [0.25, 0.3) is 0 Å². The zero-order valence-electron chi connectivity index (χ0n) is 10.5. The van der Waals surface area contributed by atoms with Crippen molar-refractivity contribution in [2.75, 3.05) is 13.1 Å². The van der Waals surface area contributed by atoms with Crippen molar-refractivity contribution in [3.63, 3.8) is 0 Å². The van der Waals surface area contributed by atoms with Gasteiger partial charge in [-0.05, 0) is 19.4 Å². The van der Waals surface area contributed by atoms with E-state index in [1.165, 1.54) is 0 Å². The maximum atomic E-state index is 13.3. The molecule has 19 heavy (non-hydrogen) atoms. The summed E-state index contributed by atoms with van der Waals surface area (Å²) < 4.78 is 39.2. The predicted molar refractivity (Wildman–Crippen MR) is 66.2 cm³/mol. The van der Waals surface area contributed by atoms with Gasteiger partial charge in [-0.3, -0.25) is 4.79 Å². The highest BCUT2D eigenvalue weighted by molar-refractivity contribution is 5.94. The maximum Gasteiger partial charge on any atom is 0.257 e. The normalized spacial score (nSPS) is 10.5. The van der Waals surface area contributed by atoms with Crippen molar-refractivity contribution in [3.8, 4) is 0 Å². The van der Waals surface area contributed by atoms with Gasteiger partial charge in [0, 0.05) is 18.7 Å². The Morgan fingerprint density at radius 1 is 1.05 bits per heavy atom. The standard InChI is InChI=1S/C13H17F3N2O/c14-9-7-10(15)12(11(16)8-9)13(19)18-6-4-2-1-3-5-17/h7-8H,1-6,17H2,(H,18,19). The quantitative estimate of drug-likeness (QED) is 0.750. The molecule has 0 aliphatic rings. The summed E-state index contributed by atoms with van der Waals surface area (Å²) in [5, 5.41) is 2.40. The van der Waals surface area contributed by atoms with Crippen molar-refractivity contribution >= 4 is 5.91 Å². The average Bonchev–Trinajstić information content (AvgIpc) is 2.32. The van der Waals surface area contributed by atoms with Crippen LogP contribution in [0.4, 0.5) is 13.2 Å². The van der Waals surface area contributed by atoms with E-state index in [0.29, 0.717) is 31.6 Å². The van der Waals surface area contributed by atoms with Gasteiger partial charge in [0.1, 0.15) is 23.0 Å². The summed E-state index contributed by atoms with van der Waals surface area (Å²) in [7, 11) is 0. The molecule has 1 aromatic carbocycles. The molecule has 0 aliphatic heterocycles. The molecule has 0 spiro atoms. The number of hydrogen-bond donors (Lipinski definition) is 2. The van der Waals surface area contributed by atoms with Crippen molar-refractivity contribution in [1.29, 1.82) is 0 Å². The SMILES string of the molecule is NCCCCCCNC(=O)c1c(F)cc(F)cc1F. The number of nitrogens with one attached hydrogen (secondary N) is 1. The van der Waals surface area contributed by atoms with Gasteiger partial charge in [-0.1, -0.05) is 12.8 Å². The molecule has 6 heteroatoms. The van der Waals surface area contributed by atoms with Crippen LogP contribution in [0.15, 0.2) is 12.1 Å². The summed E-state index contributed by atoms with van der Waals surface area (Å²) in [4.78, 5) is 11.6.